The molecule has 0 aliphatic carbocycles. The summed E-state index contributed by atoms with van der Waals surface area (Å²) in [6, 6.07) is 5.48. The van der Waals surface area contributed by atoms with Gasteiger partial charge in [-0.2, -0.15) is 0 Å². The van der Waals surface area contributed by atoms with Crippen molar-refractivity contribution in [1.82, 2.24) is 4.98 Å². The van der Waals surface area contributed by atoms with Crippen molar-refractivity contribution in [3.05, 3.63) is 52.5 Å². The Morgan fingerprint density at radius 1 is 1.33 bits per heavy atom. The largest absolute Gasteiger partial charge is 0.478 e. The lowest BCUT2D eigenvalue weighted by Gasteiger charge is -2.10. The summed E-state index contributed by atoms with van der Waals surface area (Å²) in [4.78, 5) is 14.9. The van der Waals surface area contributed by atoms with Gasteiger partial charge in [-0.15, -0.1) is 0 Å². The molecule has 1 heterocycles. The number of pyridine rings is 1. The van der Waals surface area contributed by atoms with E-state index in [2.05, 4.69) is 26.2 Å². The van der Waals surface area contributed by atoms with Gasteiger partial charge >= 0.3 is 5.97 Å². The zero-order valence-corrected chi connectivity index (χ0v) is 10.6. The lowest BCUT2D eigenvalue weighted by Crippen LogP contribution is -2.03. The first kappa shape index (κ1) is 12.5. The average molecular weight is 311 g/mol. The van der Waals surface area contributed by atoms with E-state index in [9.17, 15) is 9.18 Å². The Morgan fingerprint density at radius 3 is 2.78 bits per heavy atom. The number of anilines is 2. The van der Waals surface area contributed by atoms with Crippen LogP contribution < -0.4 is 5.32 Å². The highest BCUT2D eigenvalue weighted by atomic mass is 79.9. The molecule has 0 radical (unpaired) electrons. The van der Waals surface area contributed by atoms with Gasteiger partial charge in [0.1, 0.15) is 5.82 Å². The van der Waals surface area contributed by atoms with Crippen LogP contribution in [0.2, 0.25) is 0 Å². The van der Waals surface area contributed by atoms with Crippen LogP contribution >= 0.6 is 15.9 Å². The van der Waals surface area contributed by atoms with E-state index >= 15 is 0 Å². The van der Waals surface area contributed by atoms with E-state index in [1.165, 1.54) is 36.7 Å². The number of carboxylic acid groups (broad SMARTS) is 1. The fourth-order valence-electron chi connectivity index (χ4n) is 1.42. The molecule has 0 bridgehead atoms. The molecule has 1 aromatic carbocycles. The number of rotatable bonds is 3. The summed E-state index contributed by atoms with van der Waals surface area (Å²) in [6.45, 7) is 0. The number of hydrogen-bond acceptors (Lipinski definition) is 3. The van der Waals surface area contributed by atoms with Crippen LogP contribution in [0.1, 0.15) is 10.4 Å². The molecule has 0 spiro atoms. The van der Waals surface area contributed by atoms with E-state index in [1.807, 2.05) is 0 Å². The fraction of sp³-hybridized carbons (Fsp3) is 0. The third-order valence-corrected chi connectivity index (χ3v) is 2.91. The summed E-state index contributed by atoms with van der Waals surface area (Å²) in [6.07, 6.45) is 2.80. The summed E-state index contributed by atoms with van der Waals surface area (Å²) in [5.74, 6) is -1.43. The summed E-state index contributed by atoms with van der Waals surface area (Å²) >= 11 is 3.20. The summed E-state index contributed by atoms with van der Waals surface area (Å²) in [5.41, 5.74) is 1.01. The Hall–Kier alpha value is -1.95. The molecule has 2 rings (SSSR count). The third-order valence-electron chi connectivity index (χ3n) is 2.25. The first-order valence-corrected chi connectivity index (χ1v) is 5.76. The summed E-state index contributed by atoms with van der Waals surface area (Å²) in [5, 5.41) is 11.9. The van der Waals surface area contributed by atoms with Crippen molar-refractivity contribution in [2.24, 2.45) is 0 Å². The molecule has 2 aromatic rings. The van der Waals surface area contributed by atoms with Gasteiger partial charge in [-0.05, 0) is 40.2 Å². The maximum Gasteiger partial charge on any atom is 0.337 e. The van der Waals surface area contributed by atoms with Gasteiger partial charge < -0.3 is 10.4 Å². The molecule has 2 N–H and O–H groups in total. The lowest BCUT2D eigenvalue weighted by molar-refractivity contribution is 0.0698. The molecule has 6 heteroatoms. The molecule has 0 atom stereocenters. The van der Waals surface area contributed by atoms with Gasteiger partial charge in [-0.25, -0.2) is 9.18 Å². The van der Waals surface area contributed by atoms with Gasteiger partial charge in [0, 0.05) is 10.7 Å². The molecule has 4 nitrogen and oxygen atoms in total. The highest BCUT2D eigenvalue weighted by Gasteiger charge is 2.11. The second-order valence-electron chi connectivity index (χ2n) is 3.48. The standard InChI is InChI=1S/C12H8BrFN2O2/c13-9-5-7(14)1-2-10(9)16-11-6-15-4-3-8(11)12(17)18/h1-6,16H,(H,17,18). The first-order chi connectivity index (χ1) is 8.58. The predicted octanol–water partition coefficient (Wildman–Crippen LogP) is 3.43. The molecular weight excluding hydrogens is 303 g/mol. The Morgan fingerprint density at radius 2 is 2.11 bits per heavy atom. The van der Waals surface area contributed by atoms with Crippen LogP contribution in [-0.2, 0) is 0 Å². The highest BCUT2D eigenvalue weighted by molar-refractivity contribution is 9.10. The van der Waals surface area contributed by atoms with Crippen LogP contribution in [0, 0.1) is 5.82 Å². The molecule has 0 fully saturated rings. The van der Waals surface area contributed by atoms with E-state index < -0.39 is 5.97 Å². The van der Waals surface area contributed by atoms with Crippen LogP contribution in [0.3, 0.4) is 0 Å². The monoisotopic (exact) mass is 310 g/mol. The number of halogens is 2. The normalized spacial score (nSPS) is 10.1. The zero-order valence-electron chi connectivity index (χ0n) is 9.02. The summed E-state index contributed by atoms with van der Waals surface area (Å²) in [7, 11) is 0. The van der Waals surface area contributed by atoms with E-state index in [1.54, 1.807) is 0 Å². The van der Waals surface area contributed by atoms with Crippen molar-refractivity contribution in [2.75, 3.05) is 5.32 Å². The van der Waals surface area contributed by atoms with Gasteiger partial charge in [0.25, 0.3) is 0 Å². The molecule has 0 unspecified atom stereocenters. The van der Waals surface area contributed by atoms with Crippen LogP contribution in [0.4, 0.5) is 15.8 Å². The maximum absolute atomic E-state index is 12.9. The van der Waals surface area contributed by atoms with Crippen molar-refractivity contribution >= 4 is 33.3 Å². The Bertz CT molecular complexity index is 604. The molecule has 0 aliphatic rings. The van der Waals surface area contributed by atoms with Crippen LogP contribution in [0.5, 0.6) is 0 Å². The SMILES string of the molecule is O=C(O)c1ccncc1Nc1ccc(F)cc1Br. The topological polar surface area (TPSA) is 62.2 Å². The van der Waals surface area contributed by atoms with Crippen molar-refractivity contribution in [1.29, 1.82) is 0 Å². The van der Waals surface area contributed by atoms with Gasteiger partial charge in [-0.1, -0.05) is 0 Å². The molecule has 92 valence electrons. The molecule has 0 saturated heterocycles. The summed E-state index contributed by atoms with van der Waals surface area (Å²) < 4.78 is 13.4. The predicted molar refractivity (Wildman–Crippen MR) is 68.6 cm³/mol. The van der Waals surface area contributed by atoms with Crippen molar-refractivity contribution < 1.29 is 14.3 Å². The minimum atomic E-state index is -1.06. The molecule has 0 amide bonds. The van der Waals surface area contributed by atoms with Gasteiger partial charge in [0.15, 0.2) is 0 Å². The number of aromatic nitrogens is 1. The van der Waals surface area contributed by atoms with Crippen molar-refractivity contribution in [2.45, 2.75) is 0 Å². The number of carbonyl (C=O) groups is 1. The average Bonchev–Trinajstić information content (AvgIpc) is 2.33. The zero-order chi connectivity index (χ0) is 13.1. The Kier molecular flexibility index (Phi) is 3.57. The van der Waals surface area contributed by atoms with Gasteiger partial charge in [0.05, 0.1) is 23.1 Å². The highest BCUT2D eigenvalue weighted by Crippen LogP contribution is 2.27. The lowest BCUT2D eigenvalue weighted by atomic mass is 10.2. The minimum Gasteiger partial charge on any atom is -0.478 e. The minimum absolute atomic E-state index is 0.0984. The van der Waals surface area contributed by atoms with Crippen molar-refractivity contribution in [3.63, 3.8) is 0 Å². The number of carboxylic acids is 1. The van der Waals surface area contributed by atoms with Crippen LogP contribution in [0.25, 0.3) is 0 Å². The molecule has 1 aromatic heterocycles. The van der Waals surface area contributed by atoms with Crippen LogP contribution in [-0.4, -0.2) is 16.1 Å². The number of benzene rings is 1. The van der Waals surface area contributed by atoms with Gasteiger partial charge in [0.2, 0.25) is 0 Å². The van der Waals surface area contributed by atoms with E-state index in [0.717, 1.165) is 0 Å². The first-order valence-electron chi connectivity index (χ1n) is 4.97. The van der Waals surface area contributed by atoms with Gasteiger partial charge in [-0.3, -0.25) is 4.98 Å². The second kappa shape index (κ2) is 5.14. The number of nitrogens with one attached hydrogen (secondary N) is 1. The molecule has 0 saturated carbocycles. The third kappa shape index (κ3) is 2.65. The fourth-order valence-corrected chi connectivity index (χ4v) is 1.87. The second-order valence-corrected chi connectivity index (χ2v) is 4.33. The smallest absolute Gasteiger partial charge is 0.337 e. The van der Waals surface area contributed by atoms with E-state index in [0.29, 0.717) is 15.8 Å². The number of nitrogens with zero attached hydrogens (tertiary/aromatic N) is 1. The van der Waals surface area contributed by atoms with E-state index in [-0.39, 0.29) is 11.4 Å². The number of hydrogen-bond donors (Lipinski definition) is 2. The Balaban J connectivity index is 2.37. The van der Waals surface area contributed by atoms with Crippen molar-refractivity contribution in [3.8, 4) is 0 Å². The molecule has 0 aliphatic heterocycles. The maximum atomic E-state index is 12.9. The van der Waals surface area contributed by atoms with Crippen LogP contribution in [0.15, 0.2) is 41.1 Å². The van der Waals surface area contributed by atoms with E-state index in [4.69, 9.17) is 5.11 Å². The molecule has 18 heavy (non-hydrogen) atoms. The quantitative estimate of drug-likeness (QED) is 0.911. The Labute approximate surface area is 111 Å². The number of aromatic carboxylic acids is 1. The molecular formula is C12H8BrFN2O2.